The highest BCUT2D eigenvalue weighted by molar-refractivity contribution is 5.97. The predicted octanol–water partition coefficient (Wildman–Crippen LogP) is 3.08. The van der Waals surface area contributed by atoms with Gasteiger partial charge in [-0.15, -0.1) is 0 Å². The topological polar surface area (TPSA) is 70.0 Å². The molecule has 1 saturated heterocycles. The van der Waals surface area contributed by atoms with Crippen LogP contribution in [0.2, 0.25) is 0 Å². The summed E-state index contributed by atoms with van der Waals surface area (Å²) in [7, 11) is 1.67. The third-order valence-electron chi connectivity index (χ3n) is 5.33. The van der Waals surface area contributed by atoms with Crippen LogP contribution in [0.4, 0.5) is 0 Å². The van der Waals surface area contributed by atoms with Gasteiger partial charge in [-0.05, 0) is 17.2 Å². The van der Waals surface area contributed by atoms with Gasteiger partial charge in [0.15, 0.2) is 0 Å². The van der Waals surface area contributed by atoms with Crippen LogP contribution in [0.25, 0.3) is 0 Å². The van der Waals surface area contributed by atoms with E-state index in [1.807, 2.05) is 36.4 Å². The molecule has 0 spiro atoms. The fourth-order valence-corrected chi connectivity index (χ4v) is 3.82. The first-order chi connectivity index (χ1) is 14.2. The van der Waals surface area contributed by atoms with Crippen molar-refractivity contribution < 1.29 is 19.0 Å². The third kappa shape index (κ3) is 4.89. The zero-order chi connectivity index (χ0) is 20.1. The average molecular weight is 394 g/mol. The van der Waals surface area contributed by atoms with Crippen LogP contribution >= 0.6 is 0 Å². The van der Waals surface area contributed by atoms with Gasteiger partial charge in [-0.1, -0.05) is 30.3 Å². The van der Waals surface area contributed by atoms with Crippen molar-refractivity contribution in [2.24, 2.45) is 4.99 Å². The Hall–Kier alpha value is -2.57. The van der Waals surface area contributed by atoms with Crippen LogP contribution in [-0.4, -0.2) is 49.7 Å². The van der Waals surface area contributed by atoms with E-state index in [0.29, 0.717) is 38.5 Å². The number of ketones is 1. The second-order valence-corrected chi connectivity index (χ2v) is 7.54. The Morgan fingerprint density at radius 2 is 2.17 bits per heavy atom. The molecular weight excluding hydrogens is 368 g/mol. The van der Waals surface area contributed by atoms with Gasteiger partial charge in [-0.2, -0.15) is 0 Å². The van der Waals surface area contributed by atoms with Crippen molar-refractivity contribution in [3.8, 4) is 0 Å². The lowest BCUT2D eigenvalue weighted by Crippen LogP contribution is -2.18. The highest BCUT2D eigenvalue weighted by atomic mass is 16.5. The summed E-state index contributed by atoms with van der Waals surface area (Å²) in [4.78, 5) is 21.7. The maximum atomic E-state index is 12.7. The number of benzene rings is 1. The fraction of sp³-hybridized carbons (Fsp3) is 0.435. The zero-order valence-corrected chi connectivity index (χ0v) is 16.7. The lowest BCUT2D eigenvalue weighted by atomic mass is 9.93. The summed E-state index contributed by atoms with van der Waals surface area (Å²) >= 11 is 0. The normalized spacial score (nSPS) is 18.9. The maximum absolute atomic E-state index is 12.7. The molecule has 1 aromatic heterocycles. The van der Waals surface area contributed by atoms with Gasteiger partial charge < -0.3 is 14.2 Å². The minimum Gasteiger partial charge on any atom is -0.472 e. The lowest BCUT2D eigenvalue weighted by molar-refractivity contribution is -0.119. The van der Waals surface area contributed by atoms with Gasteiger partial charge in [0, 0.05) is 44.2 Å². The first-order valence-electron chi connectivity index (χ1n) is 10.1. The second kappa shape index (κ2) is 9.29. The second-order valence-electron chi connectivity index (χ2n) is 7.54. The molecule has 1 aromatic carbocycles. The molecule has 6 heteroatoms. The molecule has 2 atom stereocenters. The van der Waals surface area contributed by atoms with Crippen molar-refractivity contribution in [1.82, 2.24) is 4.98 Å². The molecule has 0 bridgehead atoms. The summed E-state index contributed by atoms with van der Waals surface area (Å²) in [5.41, 5.74) is 3.89. The molecule has 0 radical (unpaired) electrons. The predicted molar refractivity (Wildman–Crippen MR) is 109 cm³/mol. The SMILES string of the molecule is COC[C@@H](CC(=O)Cc1cc2c(cn1)C(OC1CCOC1)=NC2)c1ccccc1. The van der Waals surface area contributed by atoms with Crippen molar-refractivity contribution in [3.63, 3.8) is 0 Å². The first-order valence-corrected chi connectivity index (χ1v) is 10.1. The van der Waals surface area contributed by atoms with Crippen LogP contribution in [0.1, 0.15) is 41.1 Å². The van der Waals surface area contributed by atoms with Crippen LogP contribution in [0, 0.1) is 0 Å². The highest BCUT2D eigenvalue weighted by Crippen LogP contribution is 2.24. The Balaban J connectivity index is 1.38. The Morgan fingerprint density at radius 3 is 2.93 bits per heavy atom. The van der Waals surface area contributed by atoms with Gasteiger partial charge in [-0.25, -0.2) is 4.99 Å². The van der Waals surface area contributed by atoms with Crippen molar-refractivity contribution in [2.45, 2.75) is 37.8 Å². The molecule has 29 heavy (non-hydrogen) atoms. The molecule has 6 nitrogen and oxygen atoms in total. The largest absolute Gasteiger partial charge is 0.472 e. The molecule has 3 heterocycles. The molecule has 1 unspecified atom stereocenters. The standard InChI is InChI=1S/C23H26N2O4/c1-27-14-18(16-5-3-2-4-6-16)10-20(26)11-19-9-17-12-25-23(22(17)13-24-19)29-21-7-8-28-15-21/h2-6,9,13,18,21H,7-8,10-12,14-15H2,1H3/t18-,21?/m1/s1. The van der Waals surface area contributed by atoms with Crippen molar-refractivity contribution in [2.75, 3.05) is 26.9 Å². The molecule has 0 saturated carbocycles. The number of ether oxygens (including phenoxy) is 3. The number of nitrogens with zero attached hydrogens (tertiary/aromatic N) is 2. The van der Waals surface area contributed by atoms with E-state index in [1.54, 1.807) is 13.3 Å². The van der Waals surface area contributed by atoms with Gasteiger partial charge in [0.2, 0.25) is 5.90 Å². The third-order valence-corrected chi connectivity index (χ3v) is 5.33. The van der Waals surface area contributed by atoms with E-state index in [-0.39, 0.29) is 17.8 Å². The number of carbonyl (C=O) groups excluding carboxylic acids is 1. The molecule has 2 aliphatic rings. The van der Waals surface area contributed by atoms with Crippen molar-refractivity contribution >= 4 is 11.7 Å². The summed E-state index contributed by atoms with van der Waals surface area (Å²) in [6, 6.07) is 12.0. The monoisotopic (exact) mass is 394 g/mol. The minimum absolute atomic E-state index is 0.0556. The summed E-state index contributed by atoms with van der Waals surface area (Å²) in [5.74, 6) is 0.854. The lowest BCUT2D eigenvalue weighted by Gasteiger charge is -2.16. The number of methoxy groups -OCH3 is 1. The number of pyridine rings is 1. The van der Waals surface area contributed by atoms with Crippen molar-refractivity contribution in [3.05, 3.63) is 65.0 Å². The summed E-state index contributed by atoms with van der Waals surface area (Å²) in [6.45, 7) is 2.43. The summed E-state index contributed by atoms with van der Waals surface area (Å²) in [6.07, 6.45) is 3.48. The number of fused-ring (bicyclic) bond motifs is 1. The molecule has 152 valence electrons. The van der Waals surface area contributed by atoms with E-state index >= 15 is 0 Å². The molecule has 2 aromatic rings. The Bertz CT molecular complexity index is 876. The average Bonchev–Trinajstić information content (AvgIpc) is 3.39. The van der Waals surface area contributed by atoms with Crippen LogP contribution < -0.4 is 0 Å². The van der Waals surface area contributed by atoms with E-state index in [2.05, 4.69) is 9.98 Å². The Labute approximate surface area is 170 Å². The molecule has 0 N–H and O–H groups in total. The number of aromatic nitrogens is 1. The van der Waals surface area contributed by atoms with Crippen LogP contribution in [0.5, 0.6) is 0 Å². The molecule has 1 fully saturated rings. The molecule has 0 aliphatic carbocycles. The minimum atomic E-state index is 0.0556. The van der Waals surface area contributed by atoms with Crippen molar-refractivity contribution in [1.29, 1.82) is 0 Å². The fourth-order valence-electron chi connectivity index (χ4n) is 3.82. The molecule has 2 aliphatic heterocycles. The molecule has 4 rings (SSSR count). The first kappa shape index (κ1) is 19.7. The number of aliphatic imine (C=N–C) groups is 1. The maximum Gasteiger partial charge on any atom is 0.218 e. The highest BCUT2D eigenvalue weighted by Gasteiger charge is 2.25. The Kier molecular flexibility index (Phi) is 6.32. The van der Waals surface area contributed by atoms with E-state index in [4.69, 9.17) is 14.2 Å². The van der Waals surface area contributed by atoms with E-state index in [0.717, 1.165) is 35.4 Å². The van der Waals surface area contributed by atoms with Gasteiger partial charge >= 0.3 is 0 Å². The van der Waals surface area contributed by atoms with Gasteiger partial charge in [0.05, 0.1) is 31.9 Å². The quantitative estimate of drug-likeness (QED) is 0.688. The van der Waals surface area contributed by atoms with Crippen LogP contribution in [0.15, 0.2) is 47.6 Å². The smallest absolute Gasteiger partial charge is 0.218 e. The number of carbonyl (C=O) groups is 1. The van der Waals surface area contributed by atoms with Gasteiger partial charge in [0.25, 0.3) is 0 Å². The van der Waals surface area contributed by atoms with E-state index in [1.165, 1.54) is 0 Å². The van der Waals surface area contributed by atoms with Gasteiger partial charge in [-0.3, -0.25) is 9.78 Å². The molecular formula is C23H26N2O4. The van der Waals surface area contributed by atoms with Crippen LogP contribution in [-0.2, 0) is 32.0 Å². The number of hydrogen-bond acceptors (Lipinski definition) is 6. The summed E-state index contributed by atoms with van der Waals surface area (Å²) in [5, 5.41) is 0. The van der Waals surface area contributed by atoms with E-state index in [9.17, 15) is 4.79 Å². The number of Topliss-reactive ketones (excluding diaryl/α,β-unsaturated/α-hetero) is 1. The number of hydrogen-bond donors (Lipinski definition) is 0. The van der Waals surface area contributed by atoms with E-state index < -0.39 is 0 Å². The Morgan fingerprint density at radius 1 is 1.31 bits per heavy atom. The van der Waals surface area contributed by atoms with Crippen LogP contribution in [0.3, 0.4) is 0 Å². The summed E-state index contributed by atoms with van der Waals surface area (Å²) < 4.78 is 16.6. The molecule has 0 amide bonds. The number of rotatable bonds is 8. The zero-order valence-electron chi connectivity index (χ0n) is 16.7. The van der Waals surface area contributed by atoms with Gasteiger partial charge in [0.1, 0.15) is 11.9 Å².